The molecule has 0 radical (unpaired) electrons. The number of aliphatic hydroxyl groups is 1. The monoisotopic (exact) mass is 542 g/mol. The molecule has 3 aromatic heterocycles. The number of pyridine rings is 1. The summed E-state index contributed by atoms with van der Waals surface area (Å²) in [4.78, 5) is 36.0. The zero-order valence-corrected chi connectivity index (χ0v) is 22.5. The fourth-order valence-electron chi connectivity index (χ4n) is 4.64. The van der Waals surface area contributed by atoms with Gasteiger partial charge in [0.15, 0.2) is 10.8 Å². The van der Waals surface area contributed by atoms with Gasteiger partial charge in [-0.25, -0.2) is 9.97 Å². The largest absolute Gasteiger partial charge is 0.394 e. The van der Waals surface area contributed by atoms with E-state index in [9.17, 15) is 14.7 Å². The third kappa shape index (κ3) is 5.62. The number of imidazole rings is 1. The molecule has 0 saturated heterocycles. The molecule has 0 aliphatic heterocycles. The molecule has 0 unspecified atom stereocenters. The van der Waals surface area contributed by atoms with Gasteiger partial charge in [-0.3, -0.25) is 14.0 Å². The highest BCUT2D eigenvalue weighted by molar-refractivity contribution is 7.22. The van der Waals surface area contributed by atoms with Crippen LogP contribution < -0.4 is 16.4 Å². The number of nitrogens with one attached hydrogen (secondary N) is 2. The first-order valence-electron chi connectivity index (χ1n) is 12.8. The highest BCUT2D eigenvalue weighted by Crippen LogP contribution is 2.27. The van der Waals surface area contributed by atoms with Gasteiger partial charge in [-0.05, 0) is 42.2 Å². The maximum absolute atomic E-state index is 13.6. The number of rotatable bonds is 9. The van der Waals surface area contributed by atoms with E-state index in [1.165, 1.54) is 11.3 Å². The summed E-state index contributed by atoms with van der Waals surface area (Å²) in [7, 11) is 0. The molecule has 2 aromatic carbocycles. The standard InChI is InChI=1S/C29H30N6O3S/c1-17(2)13-20(16-36)32-28(38)25-24(19-7-4-3-5-8-19)34-26-21(9-6-12-35(25)26)27(37)31-15-18-10-11-22-23(14-18)39-29(30)33-22/h3-12,14,17,20,36H,13,15-16H2,1-2H3,(H2,30,33)(H,31,37)(H,32,38)/t20-/m0/s1. The molecule has 0 spiro atoms. The smallest absolute Gasteiger partial charge is 0.270 e. The maximum atomic E-state index is 13.6. The first-order chi connectivity index (χ1) is 18.8. The van der Waals surface area contributed by atoms with E-state index >= 15 is 0 Å². The molecule has 10 heteroatoms. The quantitative estimate of drug-likeness (QED) is 0.220. The van der Waals surface area contributed by atoms with Crippen molar-refractivity contribution in [1.82, 2.24) is 25.0 Å². The van der Waals surface area contributed by atoms with Crippen molar-refractivity contribution in [3.05, 3.63) is 83.7 Å². The first kappa shape index (κ1) is 26.3. The highest BCUT2D eigenvalue weighted by Gasteiger charge is 2.25. The number of carbonyl (C=O) groups excluding carboxylic acids is 2. The molecule has 0 saturated carbocycles. The van der Waals surface area contributed by atoms with E-state index in [0.29, 0.717) is 46.6 Å². The molecule has 1 atom stereocenters. The number of carbonyl (C=O) groups is 2. The number of amides is 2. The number of nitrogen functional groups attached to an aromatic ring is 1. The van der Waals surface area contributed by atoms with Crippen LogP contribution in [0.5, 0.6) is 0 Å². The Hall–Kier alpha value is -4.28. The lowest BCUT2D eigenvalue weighted by Crippen LogP contribution is -2.39. The average Bonchev–Trinajstić information content (AvgIpc) is 3.50. The van der Waals surface area contributed by atoms with Gasteiger partial charge >= 0.3 is 0 Å². The third-order valence-electron chi connectivity index (χ3n) is 6.39. The van der Waals surface area contributed by atoms with Crippen molar-refractivity contribution in [2.75, 3.05) is 12.3 Å². The van der Waals surface area contributed by atoms with Gasteiger partial charge in [0.1, 0.15) is 11.4 Å². The summed E-state index contributed by atoms with van der Waals surface area (Å²) in [5.41, 5.74) is 9.79. The minimum Gasteiger partial charge on any atom is -0.394 e. The van der Waals surface area contributed by atoms with Gasteiger partial charge in [0.25, 0.3) is 11.8 Å². The van der Waals surface area contributed by atoms with Gasteiger partial charge in [-0.1, -0.05) is 61.6 Å². The summed E-state index contributed by atoms with van der Waals surface area (Å²) in [6, 6.07) is 18.1. The number of thiazole rings is 1. The van der Waals surface area contributed by atoms with Crippen molar-refractivity contribution in [2.24, 2.45) is 5.92 Å². The number of aromatic nitrogens is 3. The predicted molar refractivity (Wildman–Crippen MR) is 154 cm³/mol. The van der Waals surface area contributed by atoms with Crippen LogP contribution in [0.4, 0.5) is 5.13 Å². The summed E-state index contributed by atoms with van der Waals surface area (Å²) in [5.74, 6) is -0.382. The molecular formula is C29H30N6O3S. The van der Waals surface area contributed by atoms with Crippen molar-refractivity contribution >= 4 is 44.1 Å². The molecule has 2 amide bonds. The number of hydrogen-bond donors (Lipinski definition) is 4. The number of benzene rings is 2. The molecule has 5 rings (SSSR count). The first-order valence-corrected chi connectivity index (χ1v) is 13.6. The van der Waals surface area contributed by atoms with E-state index < -0.39 is 6.04 Å². The van der Waals surface area contributed by atoms with E-state index in [1.54, 1.807) is 22.7 Å². The summed E-state index contributed by atoms with van der Waals surface area (Å²) in [5, 5.41) is 16.3. The van der Waals surface area contributed by atoms with Crippen LogP contribution in [0.15, 0.2) is 66.9 Å². The predicted octanol–water partition coefficient (Wildman–Crippen LogP) is 4.26. The van der Waals surface area contributed by atoms with E-state index in [0.717, 1.165) is 21.3 Å². The maximum Gasteiger partial charge on any atom is 0.270 e. The van der Waals surface area contributed by atoms with Crippen LogP contribution in [0, 0.1) is 5.92 Å². The second kappa shape index (κ2) is 11.2. The van der Waals surface area contributed by atoms with E-state index in [-0.39, 0.29) is 18.4 Å². The molecule has 0 fully saturated rings. The van der Waals surface area contributed by atoms with Gasteiger partial charge < -0.3 is 21.5 Å². The van der Waals surface area contributed by atoms with Crippen molar-refractivity contribution in [1.29, 1.82) is 0 Å². The van der Waals surface area contributed by atoms with E-state index in [1.807, 2.05) is 62.4 Å². The van der Waals surface area contributed by atoms with Crippen LogP contribution >= 0.6 is 11.3 Å². The Labute approximate surface area is 229 Å². The van der Waals surface area contributed by atoms with Gasteiger partial charge in [-0.15, -0.1) is 0 Å². The lowest BCUT2D eigenvalue weighted by atomic mass is 10.0. The zero-order valence-electron chi connectivity index (χ0n) is 21.7. The summed E-state index contributed by atoms with van der Waals surface area (Å²) in [6.45, 7) is 4.21. The number of nitrogens with zero attached hydrogens (tertiary/aromatic N) is 3. The molecule has 5 aromatic rings. The summed E-state index contributed by atoms with van der Waals surface area (Å²) < 4.78 is 2.60. The van der Waals surface area contributed by atoms with Crippen molar-refractivity contribution in [3.8, 4) is 11.3 Å². The Kier molecular flexibility index (Phi) is 7.58. The topological polar surface area (TPSA) is 135 Å². The van der Waals surface area contributed by atoms with E-state index in [2.05, 4.69) is 15.6 Å². The van der Waals surface area contributed by atoms with Gasteiger partial charge in [-0.2, -0.15) is 0 Å². The minimum absolute atomic E-state index is 0.172. The van der Waals surface area contributed by atoms with Crippen LogP contribution in [0.25, 0.3) is 27.1 Å². The van der Waals surface area contributed by atoms with Crippen LogP contribution in [-0.2, 0) is 6.54 Å². The second-order valence-electron chi connectivity index (χ2n) is 9.81. The fraction of sp³-hybridized carbons (Fsp3) is 0.241. The van der Waals surface area contributed by atoms with Crippen LogP contribution in [0.2, 0.25) is 0 Å². The number of hydrogen-bond acceptors (Lipinski definition) is 7. The van der Waals surface area contributed by atoms with Crippen LogP contribution in [0.1, 0.15) is 46.7 Å². The number of nitrogens with two attached hydrogens (primary N) is 1. The molecule has 5 N–H and O–H groups in total. The summed E-state index contributed by atoms with van der Waals surface area (Å²) in [6.07, 6.45) is 2.35. The Morgan fingerprint density at radius 2 is 1.85 bits per heavy atom. The van der Waals surface area contributed by atoms with Crippen LogP contribution in [-0.4, -0.2) is 43.9 Å². The molecule has 0 aliphatic rings. The Balaban J connectivity index is 1.48. The normalized spacial score (nSPS) is 12.2. The molecule has 200 valence electrons. The Bertz CT molecular complexity index is 1640. The number of fused-ring (bicyclic) bond motifs is 2. The Morgan fingerprint density at radius 1 is 1.05 bits per heavy atom. The molecule has 0 bridgehead atoms. The second-order valence-corrected chi connectivity index (χ2v) is 10.9. The number of anilines is 1. The van der Waals surface area contributed by atoms with Gasteiger partial charge in [0.2, 0.25) is 0 Å². The highest BCUT2D eigenvalue weighted by atomic mass is 32.1. The molecule has 39 heavy (non-hydrogen) atoms. The van der Waals surface area contributed by atoms with Crippen molar-refractivity contribution in [3.63, 3.8) is 0 Å². The van der Waals surface area contributed by atoms with E-state index in [4.69, 9.17) is 10.7 Å². The van der Waals surface area contributed by atoms with Gasteiger partial charge in [0.05, 0.1) is 28.4 Å². The lowest BCUT2D eigenvalue weighted by molar-refractivity contribution is 0.0901. The summed E-state index contributed by atoms with van der Waals surface area (Å²) >= 11 is 1.40. The SMILES string of the molecule is CC(C)C[C@@H](CO)NC(=O)c1c(-c2ccccc2)nc2c(C(=O)NCc3ccc4nc(N)sc4c3)cccn12. The van der Waals surface area contributed by atoms with Crippen molar-refractivity contribution in [2.45, 2.75) is 32.9 Å². The number of aliphatic hydroxyl groups excluding tert-OH is 1. The zero-order chi connectivity index (χ0) is 27.5. The van der Waals surface area contributed by atoms with Crippen LogP contribution in [0.3, 0.4) is 0 Å². The lowest BCUT2D eigenvalue weighted by Gasteiger charge is -2.18. The molecular weight excluding hydrogens is 512 g/mol. The van der Waals surface area contributed by atoms with Crippen molar-refractivity contribution < 1.29 is 14.7 Å². The van der Waals surface area contributed by atoms with Gasteiger partial charge in [0, 0.05) is 18.3 Å². The minimum atomic E-state index is -0.399. The molecule has 3 heterocycles. The Morgan fingerprint density at radius 3 is 2.59 bits per heavy atom. The molecule has 9 nitrogen and oxygen atoms in total. The average molecular weight is 543 g/mol. The molecule has 0 aliphatic carbocycles. The fourth-order valence-corrected chi connectivity index (χ4v) is 5.43. The third-order valence-corrected chi connectivity index (χ3v) is 7.24.